The largest absolute Gasteiger partial charge is 0.478 e. The molecular weight excluding hydrogens is 496 g/mol. The van der Waals surface area contributed by atoms with Crippen molar-refractivity contribution in [2.45, 2.75) is 31.4 Å². The third-order valence-electron chi connectivity index (χ3n) is 5.58. The summed E-state index contributed by atoms with van der Waals surface area (Å²) >= 11 is 0. The van der Waals surface area contributed by atoms with Crippen molar-refractivity contribution in [2.75, 3.05) is 14.1 Å². The van der Waals surface area contributed by atoms with E-state index in [0.29, 0.717) is 16.6 Å². The summed E-state index contributed by atoms with van der Waals surface area (Å²) in [6, 6.07) is 5.61. The van der Waals surface area contributed by atoms with Crippen LogP contribution >= 0.6 is 0 Å². The number of benzene rings is 2. The van der Waals surface area contributed by atoms with Crippen LogP contribution in [0.15, 0.2) is 60.0 Å². The summed E-state index contributed by atoms with van der Waals surface area (Å²) in [6.45, 7) is 1.48. The Balaban J connectivity index is 1.98. The van der Waals surface area contributed by atoms with E-state index in [-0.39, 0.29) is 5.56 Å². The van der Waals surface area contributed by atoms with Crippen molar-refractivity contribution in [1.29, 1.82) is 0 Å². The number of hydrogen-bond acceptors (Lipinski definition) is 5. The third-order valence-corrected chi connectivity index (χ3v) is 5.58. The first kappa shape index (κ1) is 26.9. The van der Waals surface area contributed by atoms with Crippen molar-refractivity contribution >= 4 is 11.9 Å². The molecule has 0 saturated carbocycles. The minimum atomic E-state index is -4.93. The normalized spacial score (nSPS) is 17.8. The van der Waals surface area contributed by atoms with E-state index in [1.165, 1.54) is 38.2 Å². The smallest absolute Gasteiger partial charge is 0.416 e. The van der Waals surface area contributed by atoms with Crippen LogP contribution < -0.4 is 10.1 Å². The van der Waals surface area contributed by atoms with Crippen LogP contribution in [0.5, 0.6) is 5.75 Å². The second kappa shape index (κ2) is 9.72. The molecule has 0 aliphatic carbocycles. The summed E-state index contributed by atoms with van der Waals surface area (Å²) in [5, 5.41) is 13.0. The second-order valence-corrected chi connectivity index (χ2v) is 8.01. The van der Waals surface area contributed by atoms with Gasteiger partial charge in [0.1, 0.15) is 11.3 Å². The van der Waals surface area contributed by atoms with Crippen LogP contribution in [0.3, 0.4) is 0 Å². The van der Waals surface area contributed by atoms with Gasteiger partial charge in [-0.25, -0.2) is 9.80 Å². The number of nitrogens with one attached hydrogen (secondary N) is 1. The van der Waals surface area contributed by atoms with Gasteiger partial charge in [-0.2, -0.15) is 26.3 Å². The lowest BCUT2D eigenvalue weighted by Crippen LogP contribution is -2.48. The second-order valence-electron chi connectivity index (χ2n) is 8.01. The zero-order chi connectivity index (χ0) is 27.0. The molecule has 1 unspecified atom stereocenters. The van der Waals surface area contributed by atoms with Gasteiger partial charge in [0.2, 0.25) is 5.88 Å². The van der Waals surface area contributed by atoms with E-state index in [1.807, 2.05) is 0 Å². The van der Waals surface area contributed by atoms with Gasteiger partial charge in [-0.1, -0.05) is 18.2 Å². The Morgan fingerprint density at radius 3 is 2.17 bits per heavy atom. The van der Waals surface area contributed by atoms with Gasteiger partial charge >= 0.3 is 18.3 Å². The number of nitrogens with zero attached hydrogens (tertiary/aromatic N) is 2. The first-order valence-corrected chi connectivity index (χ1v) is 10.4. The molecule has 7 nitrogen and oxygen atoms in total. The zero-order valence-corrected chi connectivity index (χ0v) is 19.1. The Bertz CT molecular complexity index is 1180. The Kier molecular flexibility index (Phi) is 7.25. The lowest BCUT2D eigenvalue weighted by molar-refractivity contribution is -0.189. The molecule has 0 bridgehead atoms. The van der Waals surface area contributed by atoms with Gasteiger partial charge in [-0.3, -0.25) is 9.80 Å². The van der Waals surface area contributed by atoms with Gasteiger partial charge in [-0.05, 0) is 42.8 Å². The molecule has 2 atom stereocenters. The van der Waals surface area contributed by atoms with Gasteiger partial charge in [0.15, 0.2) is 6.04 Å². The van der Waals surface area contributed by atoms with Crippen molar-refractivity contribution in [1.82, 2.24) is 15.3 Å². The first-order chi connectivity index (χ1) is 16.6. The molecule has 0 radical (unpaired) electrons. The predicted octanol–water partition coefficient (Wildman–Crippen LogP) is 4.59. The molecule has 0 aromatic heterocycles. The Morgan fingerprint density at radius 1 is 1.03 bits per heavy atom. The SMILES string of the molecule is C[C@H](NC(=O)C1=C(Oc2cccc(C(F)(F)F)c2)N(C)N(C)C1C(F)(F)F)c1ccc(C(=O)O)cc1. The van der Waals surface area contributed by atoms with Crippen molar-refractivity contribution in [3.63, 3.8) is 0 Å². The van der Waals surface area contributed by atoms with Crippen molar-refractivity contribution in [3.8, 4) is 5.75 Å². The van der Waals surface area contributed by atoms with E-state index < -0.39 is 59.1 Å². The highest BCUT2D eigenvalue weighted by molar-refractivity contribution is 5.96. The van der Waals surface area contributed by atoms with Crippen molar-refractivity contribution in [2.24, 2.45) is 0 Å². The van der Waals surface area contributed by atoms with E-state index in [9.17, 15) is 35.9 Å². The Hall–Kier alpha value is -3.74. The molecular formula is C23H21F6N3O4. The molecule has 1 aliphatic heterocycles. The van der Waals surface area contributed by atoms with Crippen molar-refractivity contribution < 1.29 is 45.8 Å². The molecule has 2 N–H and O–H groups in total. The Labute approximate surface area is 201 Å². The summed E-state index contributed by atoms with van der Waals surface area (Å²) in [6.07, 6.45) is -9.65. The third kappa shape index (κ3) is 5.56. The average molecular weight is 517 g/mol. The maximum Gasteiger partial charge on any atom is 0.416 e. The molecule has 3 rings (SSSR count). The van der Waals surface area contributed by atoms with E-state index in [1.54, 1.807) is 0 Å². The summed E-state index contributed by atoms with van der Waals surface area (Å²) in [7, 11) is 2.23. The summed E-state index contributed by atoms with van der Waals surface area (Å²) in [4.78, 5) is 24.1. The van der Waals surface area contributed by atoms with Crippen LogP contribution in [0.4, 0.5) is 26.3 Å². The van der Waals surface area contributed by atoms with Crippen LogP contribution in [-0.4, -0.2) is 53.3 Å². The van der Waals surface area contributed by atoms with Gasteiger partial charge in [0.05, 0.1) is 17.2 Å². The Morgan fingerprint density at radius 2 is 1.64 bits per heavy atom. The van der Waals surface area contributed by atoms with Crippen molar-refractivity contribution in [3.05, 3.63) is 76.7 Å². The number of hydrazine groups is 1. The van der Waals surface area contributed by atoms with E-state index in [2.05, 4.69) is 5.32 Å². The zero-order valence-electron chi connectivity index (χ0n) is 19.1. The lowest BCUT2D eigenvalue weighted by atomic mass is 10.0. The van der Waals surface area contributed by atoms with Crippen LogP contribution in [0.25, 0.3) is 0 Å². The van der Waals surface area contributed by atoms with Crippen LogP contribution in [0, 0.1) is 0 Å². The van der Waals surface area contributed by atoms with E-state index in [0.717, 1.165) is 30.3 Å². The fraction of sp³-hybridized carbons (Fsp3) is 0.304. The van der Waals surface area contributed by atoms with Gasteiger partial charge < -0.3 is 15.2 Å². The number of hydrogen-bond donors (Lipinski definition) is 2. The molecule has 1 aliphatic rings. The number of carbonyl (C=O) groups is 2. The molecule has 0 fully saturated rings. The van der Waals surface area contributed by atoms with Gasteiger partial charge in [0.25, 0.3) is 5.91 Å². The first-order valence-electron chi connectivity index (χ1n) is 10.4. The lowest BCUT2D eigenvalue weighted by Gasteiger charge is -2.29. The monoisotopic (exact) mass is 517 g/mol. The average Bonchev–Trinajstić information content (AvgIpc) is 3.04. The highest BCUT2D eigenvalue weighted by atomic mass is 19.4. The van der Waals surface area contributed by atoms with Crippen LogP contribution in [-0.2, 0) is 11.0 Å². The summed E-state index contributed by atoms with van der Waals surface area (Å²) < 4.78 is 86.6. The standard InChI is InChI=1S/C23H21F6N3O4/c1-12(13-7-9-14(10-8-13)21(34)35)30-19(33)17-18(23(27,28)29)31(2)32(3)20(17)36-16-6-4-5-15(11-16)22(24,25)26/h4-12,18H,1-3H3,(H,30,33)(H,34,35)/t12-,18?/m0/s1. The number of amides is 1. The molecule has 2 aromatic carbocycles. The molecule has 13 heteroatoms. The quantitative estimate of drug-likeness (QED) is 0.546. The number of carbonyl (C=O) groups excluding carboxylic acids is 1. The van der Waals surface area contributed by atoms with E-state index in [4.69, 9.17) is 9.84 Å². The number of likely N-dealkylation sites (N-methyl/N-ethyl adjacent to an activating group) is 1. The predicted molar refractivity (Wildman–Crippen MR) is 114 cm³/mol. The number of alkyl halides is 6. The summed E-state index contributed by atoms with van der Waals surface area (Å²) in [5.74, 6) is -3.34. The number of carboxylic acid groups (broad SMARTS) is 1. The fourth-order valence-corrected chi connectivity index (χ4v) is 3.63. The molecule has 2 aromatic rings. The maximum absolute atomic E-state index is 14.0. The highest BCUT2D eigenvalue weighted by Crippen LogP contribution is 2.39. The molecule has 194 valence electrons. The maximum atomic E-state index is 14.0. The topological polar surface area (TPSA) is 82.1 Å². The highest BCUT2D eigenvalue weighted by Gasteiger charge is 2.55. The fourth-order valence-electron chi connectivity index (χ4n) is 3.63. The minimum absolute atomic E-state index is 0.0204. The molecule has 36 heavy (non-hydrogen) atoms. The van der Waals surface area contributed by atoms with Crippen LogP contribution in [0.2, 0.25) is 0 Å². The number of halogens is 6. The van der Waals surface area contributed by atoms with Gasteiger partial charge in [0, 0.05) is 14.1 Å². The molecule has 0 saturated heterocycles. The molecule has 0 spiro atoms. The number of rotatable bonds is 6. The van der Waals surface area contributed by atoms with E-state index >= 15 is 0 Å². The number of aromatic carboxylic acids is 1. The summed E-state index contributed by atoms with van der Waals surface area (Å²) in [5.41, 5.74) is -1.53. The number of carboxylic acids is 1. The van der Waals surface area contributed by atoms with Gasteiger partial charge in [-0.15, -0.1) is 0 Å². The number of ether oxygens (including phenoxy) is 1. The molecule has 1 heterocycles. The minimum Gasteiger partial charge on any atom is -0.478 e. The van der Waals surface area contributed by atoms with Crippen LogP contribution in [0.1, 0.15) is 34.5 Å². The molecule has 1 amide bonds.